The normalized spacial score (nSPS) is 25.2. The maximum absolute atomic E-state index is 13.6. The molecule has 0 N–H and O–H groups in total. The van der Waals surface area contributed by atoms with Gasteiger partial charge in [0, 0.05) is 57.2 Å². The third-order valence-corrected chi connectivity index (χ3v) is 11.1. The van der Waals surface area contributed by atoms with Crippen molar-refractivity contribution in [2.45, 2.75) is 77.4 Å². The molecule has 1 aromatic carbocycles. The minimum atomic E-state index is 0.0227. The minimum absolute atomic E-state index is 0.0227. The van der Waals surface area contributed by atoms with Gasteiger partial charge in [0.25, 0.3) is 5.91 Å². The lowest BCUT2D eigenvalue weighted by Gasteiger charge is -2.47. The molecular formula is C33H48N4O3S. The molecule has 8 heteroatoms. The molecular weight excluding hydrogens is 532 g/mol. The van der Waals surface area contributed by atoms with Crippen molar-refractivity contribution in [2.24, 2.45) is 11.3 Å². The second-order valence-electron chi connectivity index (χ2n) is 13.3. The number of amides is 3. The Labute approximate surface area is 250 Å². The van der Waals surface area contributed by atoms with Gasteiger partial charge >= 0.3 is 6.03 Å². The molecule has 7 nitrogen and oxygen atoms in total. The van der Waals surface area contributed by atoms with Gasteiger partial charge in [-0.25, -0.2) is 4.79 Å². The van der Waals surface area contributed by atoms with Crippen molar-refractivity contribution < 1.29 is 14.3 Å². The molecule has 1 aliphatic carbocycles. The molecule has 2 aliphatic heterocycles. The van der Waals surface area contributed by atoms with E-state index < -0.39 is 0 Å². The third kappa shape index (κ3) is 6.59. The van der Waals surface area contributed by atoms with Crippen LogP contribution in [0.5, 0.6) is 5.75 Å². The van der Waals surface area contributed by atoms with E-state index in [9.17, 15) is 9.59 Å². The summed E-state index contributed by atoms with van der Waals surface area (Å²) >= 11 is 1.51. The fraction of sp³-hybridized carbons (Fsp3) is 0.636. The van der Waals surface area contributed by atoms with Gasteiger partial charge in [0.05, 0.1) is 18.0 Å². The minimum Gasteiger partial charge on any atom is -0.497 e. The SMILES string of the molecule is COc1ccc(-c2ccc(C(=O)N(C)[C@H]3CCN(C(=O)N(C)[C@@H]4CCN(C5CCC(C)(C)CC5)CC4C)C3)s2)cc1. The van der Waals surface area contributed by atoms with E-state index in [4.69, 9.17) is 4.74 Å². The van der Waals surface area contributed by atoms with Crippen LogP contribution in [0, 0.1) is 11.3 Å². The number of likely N-dealkylation sites (N-methyl/N-ethyl adjacent to an activating group) is 1. The third-order valence-electron chi connectivity index (χ3n) is 10.0. The van der Waals surface area contributed by atoms with Gasteiger partial charge in [0.15, 0.2) is 0 Å². The summed E-state index contributed by atoms with van der Waals surface area (Å²) in [5.74, 6) is 1.29. The topological polar surface area (TPSA) is 56.3 Å². The standard InChI is InChI=1S/C33H48N4O3S/c1-23-21-36(25-13-17-33(2,3)18-14-25)20-16-28(23)35(5)32(39)37-19-15-26(22-37)34(4)31(38)30-12-11-29(41-30)24-7-9-27(40-6)10-8-24/h7-12,23,25-26,28H,13-22H2,1-6H3/t23?,26-,28+/m0/s1. The molecule has 2 aromatic rings. The van der Waals surface area contributed by atoms with Crippen LogP contribution in [0.2, 0.25) is 0 Å². The molecule has 3 atom stereocenters. The first-order valence-corrected chi connectivity index (χ1v) is 16.1. The Kier molecular flexibility index (Phi) is 9.00. The highest BCUT2D eigenvalue weighted by Crippen LogP contribution is 2.38. The van der Waals surface area contributed by atoms with Crippen LogP contribution in [-0.4, -0.2) is 97.0 Å². The van der Waals surface area contributed by atoms with Crippen LogP contribution >= 0.6 is 11.3 Å². The van der Waals surface area contributed by atoms with Gasteiger partial charge < -0.3 is 19.4 Å². The Bertz CT molecular complexity index is 1200. The number of carbonyl (C=O) groups is 2. The number of piperidine rings is 1. The summed E-state index contributed by atoms with van der Waals surface area (Å²) in [6.07, 6.45) is 7.07. The Morgan fingerprint density at radius 2 is 1.63 bits per heavy atom. The van der Waals surface area contributed by atoms with Crippen LogP contribution < -0.4 is 4.74 Å². The van der Waals surface area contributed by atoms with E-state index in [0.717, 1.165) is 47.0 Å². The second-order valence-corrected chi connectivity index (χ2v) is 14.4. The molecule has 5 rings (SSSR count). The number of hydrogen-bond acceptors (Lipinski definition) is 5. The van der Waals surface area contributed by atoms with Crippen molar-refractivity contribution in [1.29, 1.82) is 0 Å². The van der Waals surface area contributed by atoms with E-state index in [0.29, 0.717) is 30.5 Å². The zero-order valence-corrected chi connectivity index (χ0v) is 26.6. The Morgan fingerprint density at radius 3 is 2.29 bits per heavy atom. The highest BCUT2D eigenvalue weighted by molar-refractivity contribution is 7.17. The van der Waals surface area contributed by atoms with Crippen molar-refractivity contribution in [2.75, 3.05) is 47.4 Å². The monoisotopic (exact) mass is 580 g/mol. The molecule has 1 unspecified atom stereocenters. The molecule has 3 fully saturated rings. The highest BCUT2D eigenvalue weighted by atomic mass is 32.1. The number of hydrogen-bond donors (Lipinski definition) is 0. The average Bonchev–Trinajstić information content (AvgIpc) is 3.67. The number of urea groups is 1. The molecule has 0 spiro atoms. The van der Waals surface area contributed by atoms with Crippen molar-refractivity contribution in [3.05, 3.63) is 41.3 Å². The van der Waals surface area contributed by atoms with Gasteiger partial charge in [-0.2, -0.15) is 0 Å². The number of benzene rings is 1. The number of rotatable bonds is 6. The smallest absolute Gasteiger partial charge is 0.320 e. The summed E-state index contributed by atoms with van der Waals surface area (Å²) < 4.78 is 5.26. The Hall–Kier alpha value is -2.58. The Morgan fingerprint density at radius 1 is 0.927 bits per heavy atom. The van der Waals surface area contributed by atoms with E-state index in [1.807, 2.05) is 65.2 Å². The molecule has 0 bridgehead atoms. The van der Waals surface area contributed by atoms with Crippen LogP contribution in [0.1, 0.15) is 69.0 Å². The largest absolute Gasteiger partial charge is 0.497 e. The van der Waals surface area contributed by atoms with Crippen LogP contribution in [0.15, 0.2) is 36.4 Å². The summed E-state index contributed by atoms with van der Waals surface area (Å²) in [4.78, 5) is 37.2. The molecule has 41 heavy (non-hydrogen) atoms. The van der Waals surface area contributed by atoms with E-state index in [1.54, 1.807) is 7.11 Å². The molecule has 0 radical (unpaired) electrons. The summed E-state index contributed by atoms with van der Waals surface area (Å²) in [5.41, 5.74) is 1.56. The van der Waals surface area contributed by atoms with Crippen molar-refractivity contribution in [1.82, 2.24) is 19.6 Å². The first-order chi connectivity index (χ1) is 19.6. The Balaban J connectivity index is 1.13. The molecule has 1 saturated carbocycles. The zero-order chi connectivity index (χ0) is 29.3. The number of carbonyl (C=O) groups excluding carboxylic acids is 2. The zero-order valence-electron chi connectivity index (χ0n) is 25.8. The summed E-state index contributed by atoms with van der Waals surface area (Å²) in [6.45, 7) is 10.6. The van der Waals surface area contributed by atoms with Crippen molar-refractivity contribution in [3.63, 3.8) is 0 Å². The lowest BCUT2D eigenvalue weighted by molar-refractivity contribution is 0.0345. The van der Waals surface area contributed by atoms with E-state index in [-0.39, 0.29) is 24.0 Å². The average molecular weight is 581 g/mol. The maximum Gasteiger partial charge on any atom is 0.320 e. The van der Waals surface area contributed by atoms with Gasteiger partial charge in [0.1, 0.15) is 5.75 Å². The summed E-state index contributed by atoms with van der Waals surface area (Å²) in [6, 6.07) is 12.9. The number of methoxy groups -OCH3 is 1. The second kappa shape index (κ2) is 12.3. The van der Waals surface area contributed by atoms with Gasteiger partial charge in [-0.05, 0) is 91.8 Å². The predicted molar refractivity (Wildman–Crippen MR) is 167 cm³/mol. The molecule has 2 saturated heterocycles. The van der Waals surface area contributed by atoms with Crippen LogP contribution in [-0.2, 0) is 0 Å². The molecule has 3 amide bonds. The summed E-state index contributed by atoms with van der Waals surface area (Å²) in [5, 5.41) is 0. The predicted octanol–water partition coefficient (Wildman–Crippen LogP) is 6.30. The lowest BCUT2D eigenvalue weighted by Crippen LogP contribution is -2.55. The van der Waals surface area contributed by atoms with Crippen molar-refractivity contribution >= 4 is 23.3 Å². The van der Waals surface area contributed by atoms with Gasteiger partial charge in [-0.3, -0.25) is 9.69 Å². The fourth-order valence-electron chi connectivity index (χ4n) is 7.12. The number of nitrogens with zero attached hydrogens (tertiary/aromatic N) is 4. The first-order valence-electron chi connectivity index (χ1n) is 15.3. The fourth-order valence-corrected chi connectivity index (χ4v) is 8.12. The van der Waals surface area contributed by atoms with Crippen LogP contribution in [0.25, 0.3) is 10.4 Å². The molecule has 224 valence electrons. The van der Waals surface area contributed by atoms with E-state index in [2.05, 4.69) is 25.7 Å². The number of likely N-dealkylation sites (tertiary alicyclic amines) is 2. The summed E-state index contributed by atoms with van der Waals surface area (Å²) in [7, 11) is 5.52. The van der Waals surface area contributed by atoms with Crippen molar-refractivity contribution in [3.8, 4) is 16.2 Å². The van der Waals surface area contributed by atoms with Crippen LogP contribution in [0.4, 0.5) is 4.79 Å². The first kappa shape index (κ1) is 29.9. The molecule has 3 aliphatic rings. The van der Waals surface area contributed by atoms with Gasteiger partial charge in [-0.1, -0.05) is 20.8 Å². The highest BCUT2D eigenvalue weighted by Gasteiger charge is 2.39. The molecule has 1 aromatic heterocycles. The van der Waals surface area contributed by atoms with Crippen LogP contribution in [0.3, 0.4) is 0 Å². The van der Waals surface area contributed by atoms with E-state index >= 15 is 0 Å². The van der Waals surface area contributed by atoms with E-state index in [1.165, 1.54) is 37.0 Å². The lowest BCUT2D eigenvalue weighted by atomic mass is 9.74. The number of thiophene rings is 1. The number of ether oxygens (including phenoxy) is 1. The van der Waals surface area contributed by atoms with Gasteiger partial charge in [0.2, 0.25) is 0 Å². The maximum atomic E-state index is 13.6. The molecule has 3 heterocycles. The quantitative estimate of drug-likeness (QED) is 0.402. The van der Waals surface area contributed by atoms with Gasteiger partial charge in [-0.15, -0.1) is 11.3 Å².